The Labute approximate surface area is 153 Å². The monoisotopic (exact) mass is 346 g/mol. The predicted molar refractivity (Wildman–Crippen MR) is 101 cm³/mol. The molecule has 5 heteroatoms. The molecule has 0 radical (unpaired) electrons. The summed E-state index contributed by atoms with van der Waals surface area (Å²) in [6.45, 7) is 3.09. The smallest absolute Gasteiger partial charge is 0.242 e. The molecule has 1 atom stereocenters. The topological polar surface area (TPSA) is 66.9 Å². The van der Waals surface area contributed by atoms with Gasteiger partial charge in [0.25, 0.3) is 0 Å². The molecule has 1 amide bonds. The van der Waals surface area contributed by atoms with E-state index in [1.807, 2.05) is 55.5 Å². The maximum atomic E-state index is 12.8. The molecule has 2 heterocycles. The van der Waals surface area contributed by atoms with E-state index >= 15 is 0 Å². The van der Waals surface area contributed by atoms with Crippen LogP contribution in [0, 0.1) is 6.92 Å². The van der Waals surface area contributed by atoms with E-state index in [9.17, 15) is 4.79 Å². The van der Waals surface area contributed by atoms with Gasteiger partial charge in [0.2, 0.25) is 5.91 Å². The predicted octanol–water partition coefficient (Wildman–Crippen LogP) is 2.93. The summed E-state index contributed by atoms with van der Waals surface area (Å²) in [6, 6.07) is 15.3. The fraction of sp³-hybridized carbons (Fsp3) is 0.190. The Hall–Kier alpha value is -3.05. The van der Waals surface area contributed by atoms with Gasteiger partial charge in [0.15, 0.2) is 0 Å². The van der Waals surface area contributed by atoms with Crippen LogP contribution in [0.3, 0.4) is 0 Å². The van der Waals surface area contributed by atoms with Gasteiger partial charge in [0.1, 0.15) is 6.04 Å². The molecule has 26 heavy (non-hydrogen) atoms. The first-order valence-electron chi connectivity index (χ1n) is 8.58. The lowest BCUT2D eigenvalue weighted by Gasteiger charge is -2.19. The van der Waals surface area contributed by atoms with Crippen molar-refractivity contribution in [1.29, 1.82) is 0 Å². The molecule has 0 aliphatic heterocycles. The minimum absolute atomic E-state index is 0.0542. The quantitative estimate of drug-likeness (QED) is 0.690. The van der Waals surface area contributed by atoms with Crippen molar-refractivity contribution in [2.24, 2.45) is 0 Å². The van der Waals surface area contributed by atoms with Crippen LogP contribution in [0.2, 0.25) is 0 Å². The largest absolute Gasteiger partial charge is 0.350 e. The van der Waals surface area contributed by atoms with E-state index in [4.69, 9.17) is 0 Å². The Bertz CT molecular complexity index is 837. The maximum Gasteiger partial charge on any atom is 0.242 e. The molecule has 132 valence electrons. The zero-order chi connectivity index (χ0) is 18.2. The lowest BCUT2D eigenvalue weighted by molar-refractivity contribution is -0.123. The van der Waals surface area contributed by atoms with E-state index in [1.54, 1.807) is 24.8 Å². The fourth-order valence-electron chi connectivity index (χ4n) is 2.72. The van der Waals surface area contributed by atoms with Crippen LogP contribution in [-0.2, 0) is 17.9 Å². The Morgan fingerprint density at radius 1 is 0.923 bits per heavy atom. The van der Waals surface area contributed by atoms with E-state index < -0.39 is 6.04 Å². The fourth-order valence-corrected chi connectivity index (χ4v) is 2.72. The van der Waals surface area contributed by atoms with Crippen LogP contribution in [0.5, 0.6) is 0 Å². The second-order valence-corrected chi connectivity index (χ2v) is 6.16. The molecule has 3 aromatic rings. The number of amides is 1. The van der Waals surface area contributed by atoms with Gasteiger partial charge in [-0.15, -0.1) is 0 Å². The van der Waals surface area contributed by atoms with Crippen molar-refractivity contribution in [2.75, 3.05) is 0 Å². The summed E-state index contributed by atoms with van der Waals surface area (Å²) in [5.41, 5.74) is 4.18. The first-order chi connectivity index (χ1) is 12.7. The van der Waals surface area contributed by atoms with Crippen LogP contribution < -0.4 is 10.6 Å². The molecule has 0 bridgehead atoms. The van der Waals surface area contributed by atoms with E-state index in [0.29, 0.717) is 13.1 Å². The number of hydrogen-bond acceptors (Lipinski definition) is 4. The standard InChI is InChI=1S/C21H22N4O/c1-16-3-2-4-19(13-16)20(24-14-17-5-9-22-10-6-17)21(26)25-15-18-7-11-23-12-8-18/h2-13,20,24H,14-15H2,1H3,(H,25,26). The average molecular weight is 346 g/mol. The van der Waals surface area contributed by atoms with Gasteiger partial charge in [-0.2, -0.15) is 0 Å². The minimum Gasteiger partial charge on any atom is -0.350 e. The van der Waals surface area contributed by atoms with Crippen molar-refractivity contribution in [1.82, 2.24) is 20.6 Å². The summed E-state index contributed by atoms with van der Waals surface area (Å²) in [5, 5.41) is 6.38. The van der Waals surface area contributed by atoms with Crippen molar-refractivity contribution in [3.63, 3.8) is 0 Å². The summed E-state index contributed by atoms with van der Waals surface area (Å²) in [5.74, 6) is -0.0542. The SMILES string of the molecule is Cc1cccc(C(NCc2ccncc2)C(=O)NCc2ccncc2)c1. The number of aryl methyl sites for hydroxylation is 1. The minimum atomic E-state index is -0.426. The van der Waals surface area contributed by atoms with E-state index in [0.717, 1.165) is 22.3 Å². The summed E-state index contributed by atoms with van der Waals surface area (Å²) in [6.07, 6.45) is 6.95. The molecule has 0 aliphatic carbocycles. The second kappa shape index (κ2) is 8.87. The van der Waals surface area contributed by atoms with Crippen LogP contribution in [0.1, 0.15) is 28.3 Å². The van der Waals surface area contributed by atoms with Gasteiger partial charge in [-0.25, -0.2) is 0 Å². The number of nitrogens with one attached hydrogen (secondary N) is 2. The highest BCUT2D eigenvalue weighted by Crippen LogP contribution is 2.16. The van der Waals surface area contributed by atoms with Crippen LogP contribution >= 0.6 is 0 Å². The summed E-state index contributed by atoms with van der Waals surface area (Å²) < 4.78 is 0. The summed E-state index contributed by atoms with van der Waals surface area (Å²) in [4.78, 5) is 20.9. The molecule has 1 unspecified atom stereocenters. The molecule has 0 saturated heterocycles. The Morgan fingerprint density at radius 3 is 2.15 bits per heavy atom. The molecule has 2 N–H and O–H groups in total. The number of hydrogen-bond donors (Lipinski definition) is 2. The molecule has 2 aromatic heterocycles. The molecular formula is C21H22N4O. The number of benzene rings is 1. The van der Waals surface area contributed by atoms with Crippen LogP contribution in [0.15, 0.2) is 73.3 Å². The average Bonchev–Trinajstić information content (AvgIpc) is 2.68. The first-order valence-corrected chi connectivity index (χ1v) is 8.58. The van der Waals surface area contributed by atoms with E-state index in [1.165, 1.54) is 0 Å². The van der Waals surface area contributed by atoms with E-state index in [2.05, 4.69) is 20.6 Å². The lowest BCUT2D eigenvalue weighted by Crippen LogP contribution is -2.37. The molecule has 0 aliphatic rings. The molecule has 0 saturated carbocycles. The van der Waals surface area contributed by atoms with Crippen molar-refractivity contribution >= 4 is 5.91 Å². The number of carbonyl (C=O) groups is 1. The van der Waals surface area contributed by atoms with E-state index in [-0.39, 0.29) is 5.91 Å². The molecule has 0 spiro atoms. The Kier molecular flexibility index (Phi) is 6.06. The Balaban J connectivity index is 1.72. The number of rotatable bonds is 7. The van der Waals surface area contributed by atoms with Gasteiger partial charge >= 0.3 is 0 Å². The third kappa shape index (κ3) is 4.97. The highest BCUT2D eigenvalue weighted by Gasteiger charge is 2.20. The van der Waals surface area contributed by atoms with Gasteiger partial charge in [-0.05, 0) is 47.9 Å². The highest BCUT2D eigenvalue weighted by atomic mass is 16.2. The molecule has 1 aromatic carbocycles. The van der Waals surface area contributed by atoms with Crippen molar-refractivity contribution in [3.8, 4) is 0 Å². The summed E-state index contributed by atoms with van der Waals surface area (Å²) >= 11 is 0. The molecule has 5 nitrogen and oxygen atoms in total. The molecular weight excluding hydrogens is 324 g/mol. The Morgan fingerprint density at radius 2 is 1.54 bits per heavy atom. The molecule has 0 fully saturated rings. The zero-order valence-corrected chi connectivity index (χ0v) is 14.7. The second-order valence-electron chi connectivity index (χ2n) is 6.16. The van der Waals surface area contributed by atoms with Gasteiger partial charge < -0.3 is 5.32 Å². The van der Waals surface area contributed by atoms with Gasteiger partial charge in [-0.3, -0.25) is 20.1 Å². The van der Waals surface area contributed by atoms with Crippen molar-refractivity contribution in [2.45, 2.75) is 26.1 Å². The highest BCUT2D eigenvalue weighted by molar-refractivity contribution is 5.83. The van der Waals surface area contributed by atoms with Crippen molar-refractivity contribution < 1.29 is 4.79 Å². The van der Waals surface area contributed by atoms with Crippen molar-refractivity contribution in [3.05, 3.63) is 95.6 Å². The van der Waals surface area contributed by atoms with Gasteiger partial charge in [0, 0.05) is 37.9 Å². The number of aromatic nitrogens is 2. The third-order valence-corrected chi connectivity index (χ3v) is 4.11. The number of carbonyl (C=O) groups excluding carboxylic acids is 1. The summed E-state index contributed by atoms with van der Waals surface area (Å²) in [7, 11) is 0. The maximum absolute atomic E-state index is 12.8. The van der Waals surface area contributed by atoms with Crippen LogP contribution in [0.25, 0.3) is 0 Å². The lowest BCUT2D eigenvalue weighted by atomic mass is 10.0. The molecule has 3 rings (SSSR count). The normalized spacial score (nSPS) is 11.7. The third-order valence-electron chi connectivity index (χ3n) is 4.11. The zero-order valence-electron chi connectivity index (χ0n) is 14.7. The van der Waals surface area contributed by atoms with Gasteiger partial charge in [0.05, 0.1) is 0 Å². The number of nitrogens with zero attached hydrogens (tertiary/aromatic N) is 2. The van der Waals surface area contributed by atoms with Gasteiger partial charge in [-0.1, -0.05) is 29.8 Å². The van der Waals surface area contributed by atoms with Crippen LogP contribution in [0.4, 0.5) is 0 Å². The first kappa shape index (κ1) is 17.8. The van der Waals surface area contributed by atoms with Crippen LogP contribution in [-0.4, -0.2) is 15.9 Å². The number of pyridine rings is 2.